The van der Waals surface area contributed by atoms with Crippen LogP contribution in [0.15, 0.2) is 27.8 Å². The van der Waals surface area contributed by atoms with Gasteiger partial charge in [-0.05, 0) is 28.1 Å². The third-order valence-corrected chi connectivity index (χ3v) is 1.87. The van der Waals surface area contributed by atoms with Gasteiger partial charge >= 0.3 is 0 Å². The van der Waals surface area contributed by atoms with Crippen LogP contribution in [0.25, 0.3) is 0 Å². The molecular formula is C7H7BrN2O. The van der Waals surface area contributed by atoms with E-state index in [1.54, 1.807) is 18.2 Å². The van der Waals surface area contributed by atoms with Gasteiger partial charge in [0.15, 0.2) is 0 Å². The van der Waals surface area contributed by atoms with Gasteiger partial charge < -0.3 is 10.9 Å². The molecular weight excluding hydrogens is 208 g/mol. The molecule has 58 valence electrons. The quantitative estimate of drug-likeness (QED) is 0.423. The van der Waals surface area contributed by atoms with Crippen molar-refractivity contribution in [2.24, 2.45) is 10.9 Å². The molecule has 0 aliphatic carbocycles. The predicted molar refractivity (Wildman–Crippen MR) is 47.6 cm³/mol. The molecule has 11 heavy (non-hydrogen) atoms. The number of para-hydroxylation sites is 1. The van der Waals surface area contributed by atoms with Crippen molar-refractivity contribution in [3.63, 3.8) is 0 Å². The van der Waals surface area contributed by atoms with E-state index in [9.17, 15) is 5.11 Å². The highest BCUT2D eigenvalue weighted by molar-refractivity contribution is 9.10. The van der Waals surface area contributed by atoms with Gasteiger partial charge in [-0.2, -0.15) is 5.10 Å². The van der Waals surface area contributed by atoms with Crippen LogP contribution in [0.4, 0.5) is 0 Å². The summed E-state index contributed by atoms with van der Waals surface area (Å²) >= 11 is 3.16. The highest BCUT2D eigenvalue weighted by Crippen LogP contribution is 2.25. The van der Waals surface area contributed by atoms with Gasteiger partial charge in [0.1, 0.15) is 5.75 Å². The van der Waals surface area contributed by atoms with Crippen LogP contribution in [-0.2, 0) is 0 Å². The number of hydrogen-bond acceptors (Lipinski definition) is 3. The van der Waals surface area contributed by atoms with Crippen molar-refractivity contribution >= 4 is 22.1 Å². The van der Waals surface area contributed by atoms with Crippen molar-refractivity contribution in [1.29, 1.82) is 0 Å². The fourth-order valence-corrected chi connectivity index (χ4v) is 1.10. The van der Waals surface area contributed by atoms with E-state index in [2.05, 4.69) is 21.0 Å². The van der Waals surface area contributed by atoms with E-state index >= 15 is 0 Å². The Morgan fingerprint density at radius 1 is 1.55 bits per heavy atom. The minimum absolute atomic E-state index is 0.154. The number of aromatic hydroxyl groups is 1. The summed E-state index contributed by atoms with van der Waals surface area (Å²) in [7, 11) is 0. The summed E-state index contributed by atoms with van der Waals surface area (Å²) in [4.78, 5) is 0. The van der Waals surface area contributed by atoms with E-state index in [1.165, 1.54) is 6.21 Å². The summed E-state index contributed by atoms with van der Waals surface area (Å²) in [5.41, 5.74) is 0.599. The number of halogens is 1. The Hall–Kier alpha value is -1.03. The van der Waals surface area contributed by atoms with Gasteiger partial charge in [0.05, 0.1) is 10.7 Å². The Kier molecular flexibility index (Phi) is 2.48. The predicted octanol–water partition coefficient (Wildman–Crippen LogP) is 1.45. The normalized spacial score (nSPS) is 10.6. The van der Waals surface area contributed by atoms with Crippen molar-refractivity contribution in [3.8, 4) is 5.75 Å². The van der Waals surface area contributed by atoms with E-state index in [0.717, 1.165) is 0 Å². The first kappa shape index (κ1) is 8.07. The second kappa shape index (κ2) is 3.39. The molecule has 1 aromatic rings. The maximum absolute atomic E-state index is 9.33. The lowest BCUT2D eigenvalue weighted by molar-refractivity contribution is 0.471. The molecule has 0 aliphatic rings. The third-order valence-electron chi connectivity index (χ3n) is 1.23. The van der Waals surface area contributed by atoms with Gasteiger partial charge in [0, 0.05) is 5.56 Å². The number of phenols is 1. The standard InChI is InChI=1S/C7H7BrN2O/c8-6-3-1-2-5(4-10-9)7(6)11/h1-4,11H,9H2/b10-4+. The number of hydrazone groups is 1. The number of hydrogen-bond donors (Lipinski definition) is 2. The summed E-state index contributed by atoms with van der Waals surface area (Å²) < 4.78 is 0.634. The molecule has 0 saturated heterocycles. The third kappa shape index (κ3) is 1.71. The van der Waals surface area contributed by atoms with Crippen LogP contribution in [-0.4, -0.2) is 11.3 Å². The number of benzene rings is 1. The van der Waals surface area contributed by atoms with E-state index < -0.39 is 0 Å². The van der Waals surface area contributed by atoms with E-state index in [4.69, 9.17) is 5.84 Å². The van der Waals surface area contributed by atoms with Crippen molar-refractivity contribution < 1.29 is 5.11 Å². The van der Waals surface area contributed by atoms with Gasteiger partial charge in [-0.15, -0.1) is 0 Å². The molecule has 1 aromatic carbocycles. The molecule has 0 fully saturated rings. The molecule has 0 amide bonds. The van der Waals surface area contributed by atoms with Crippen LogP contribution in [0.3, 0.4) is 0 Å². The van der Waals surface area contributed by atoms with Crippen molar-refractivity contribution in [3.05, 3.63) is 28.2 Å². The number of rotatable bonds is 1. The van der Waals surface area contributed by atoms with Crippen molar-refractivity contribution in [1.82, 2.24) is 0 Å². The smallest absolute Gasteiger partial charge is 0.138 e. The van der Waals surface area contributed by atoms with Gasteiger partial charge in [-0.1, -0.05) is 6.07 Å². The molecule has 0 heterocycles. The van der Waals surface area contributed by atoms with E-state index in [0.29, 0.717) is 10.0 Å². The number of nitrogens with two attached hydrogens (primary N) is 1. The van der Waals surface area contributed by atoms with E-state index in [1.807, 2.05) is 0 Å². The molecule has 0 aromatic heterocycles. The first-order valence-corrected chi connectivity index (χ1v) is 3.75. The molecule has 0 bridgehead atoms. The van der Waals surface area contributed by atoms with E-state index in [-0.39, 0.29) is 5.75 Å². The molecule has 3 N–H and O–H groups in total. The number of nitrogens with zero attached hydrogens (tertiary/aromatic N) is 1. The molecule has 1 rings (SSSR count). The largest absolute Gasteiger partial charge is 0.506 e. The van der Waals surface area contributed by atoms with Crippen LogP contribution >= 0.6 is 15.9 Å². The highest BCUT2D eigenvalue weighted by atomic mass is 79.9. The minimum Gasteiger partial charge on any atom is -0.506 e. The number of phenolic OH excluding ortho intramolecular Hbond substituents is 1. The lowest BCUT2D eigenvalue weighted by Gasteiger charge is -1.98. The fraction of sp³-hybridized carbons (Fsp3) is 0. The molecule has 0 atom stereocenters. The lowest BCUT2D eigenvalue weighted by atomic mass is 10.2. The van der Waals surface area contributed by atoms with Gasteiger partial charge in [0.25, 0.3) is 0 Å². The Bertz CT molecular complexity index is 286. The second-order valence-electron chi connectivity index (χ2n) is 1.96. The lowest BCUT2D eigenvalue weighted by Crippen LogP contribution is -1.86. The van der Waals surface area contributed by atoms with Crippen molar-refractivity contribution in [2.75, 3.05) is 0 Å². The highest BCUT2D eigenvalue weighted by Gasteiger charge is 2.00. The SMILES string of the molecule is N/N=C/c1cccc(Br)c1O. The molecule has 4 heteroatoms. The second-order valence-corrected chi connectivity index (χ2v) is 2.81. The Labute approximate surface area is 72.7 Å². The first-order chi connectivity index (χ1) is 5.25. The van der Waals surface area contributed by atoms with Crippen LogP contribution in [0.5, 0.6) is 5.75 Å². The zero-order valence-electron chi connectivity index (χ0n) is 5.66. The topological polar surface area (TPSA) is 58.6 Å². The summed E-state index contributed by atoms with van der Waals surface area (Å²) in [5, 5.41) is 12.6. The Morgan fingerprint density at radius 2 is 2.27 bits per heavy atom. The fourth-order valence-electron chi connectivity index (χ4n) is 0.716. The van der Waals surface area contributed by atoms with Gasteiger partial charge in [0.2, 0.25) is 0 Å². The monoisotopic (exact) mass is 214 g/mol. The van der Waals surface area contributed by atoms with Crippen LogP contribution in [0.1, 0.15) is 5.56 Å². The molecule has 0 saturated carbocycles. The Morgan fingerprint density at radius 3 is 2.91 bits per heavy atom. The van der Waals surface area contributed by atoms with Gasteiger partial charge in [-0.3, -0.25) is 0 Å². The first-order valence-electron chi connectivity index (χ1n) is 2.96. The van der Waals surface area contributed by atoms with Crippen LogP contribution < -0.4 is 5.84 Å². The molecule has 0 unspecified atom stereocenters. The Balaban J connectivity index is 3.16. The maximum Gasteiger partial charge on any atom is 0.138 e. The van der Waals surface area contributed by atoms with Crippen LogP contribution in [0, 0.1) is 0 Å². The molecule has 3 nitrogen and oxygen atoms in total. The molecule has 0 radical (unpaired) electrons. The molecule has 0 spiro atoms. The zero-order valence-corrected chi connectivity index (χ0v) is 7.25. The summed E-state index contributed by atoms with van der Waals surface area (Å²) in [5.74, 6) is 5.08. The summed E-state index contributed by atoms with van der Waals surface area (Å²) in [6.45, 7) is 0. The average molecular weight is 215 g/mol. The van der Waals surface area contributed by atoms with Crippen LogP contribution in [0.2, 0.25) is 0 Å². The maximum atomic E-state index is 9.33. The average Bonchev–Trinajstić information content (AvgIpc) is 1.99. The van der Waals surface area contributed by atoms with Crippen molar-refractivity contribution in [2.45, 2.75) is 0 Å². The summed E-state index contributed by atoms with van der Waals surface area (Å²) in [6.07, 6.45) is 1.39. The van der Waals surface area contributed by atoms with Gasteiger partial charge in [-0.25, -0.2) is 0 Å². The minimum atomic E-state index is 0.154. The molecule has 0 aliphatic heterocycles. The zero-order chi connectivity index (χ0) is 8.27. The summed E-state index contributed by atoms with van der Waals surface area (Å²) in [6, 6.07) is 5.25.